The molecule has 0 bridgehead atoms. The van der Waals surface area contributed by atoms with Crippen LogP contribution in [0.5, 0.6) is 5.75 Å². The van der Waals surface area contributed by atoms with Crippen LogP contribution in [-0.4, -0.2) is 39.9 Å². The van der Waals surface area contributed by atoms with Gasteiger partial charge in [-0.05, 0) is 70.9 Å². The highest BCUT2D eigenvalue weighted by atomic mass is 79.9. The van der Waals surface area contributed by atoms with E-state index in [1.807, 2.05) is 31.2 Å². The lowest BCUT2D eigenvalue weighted by Gasteiger charge is -2.27. The average Bonchev–Trinajstić information content (AvgIpc) is 2.79. The van der Waals surface area contributed by atoms with Crippen molar-refractivity contribution in [1.82, 2.24) is 4.90 Å². The first-order valence-electron chi connectivity index (χ1n) is 10.0. The van der Waals surface area contributed by atoms with Crippen molar-refractivity contribution >= 4 is 49.1 Å². The monoisotopic (exact) mass is 550 g/mol. The lowest BCUT2D eigenvalue weighted by molar-refractivity contribution is -0.128. The van der Waals surface area contributed by atoms with Crippen LogP contribution in [0.25, 0.3) is 0 Å². The quantitative estimate of drug-likeness (QED) is 0.382. The molecule has 0 saturated heterocycles. The minimum absolute atomic E-state index is 0.0453. The van der Waals surface area contributed by atoms with Crippen molar-refractivity contribution in [3.05, 3.63) is 87.4 Å². The number of likely N-dealkylation sites (N-methyl/N-ethyl adjacent to an activating group) is 1. The Bertz CT molecular complexity index is 1230. The van der Waals surface area contributed by atoms with Gasteiger partial charge in [0, 0.05) is 18.6 Å². The fourth-order valence-electron chi connectivity index (χ4n) is 3.16. The number of carbonyl (C=O) groups excluding carboxylic acids is 1. The Morgan fingerprint density at radius 3 is 2.24 bits per heavy atom. The van der Waals surface area contributed by atoms with Crippen molar-refractivity contribution in [2.24, 2.45) is 0 Å². The predicted octanol–water partition coefficient (Wildman–Crippen LogP) is 5.27. The van der Waals surface area contributed by atoms with Gasteiger partial charge in [-0.15, -0.1) is 0 Å². The van der Waals surface area contributed by atoms with Crippen molar-refractivity contribution in [3.63, 3.8) is 0 Å². The highest BCUT2D eigenvalue weighted by Gasteiger charge is 2.29. The second-order valence-electron chi connectivity index (χ2n) is 7.52. The smallest absolute Gasteiger partial charge is 0.264 e. The molecule has 0 spiro atoms. The molecule has 0 heterocycles. The summed E-state index contributed by atoms with van der Waals surface area (Å²) in [5.74, 6) is 0.163. The molecule has 0 aliphatic rings. The minimum atomic E-state index is -4.04. The average molecular weight is 552 g/mol. The van der Waals surface area contributed by atoms with Crippen molar-refractivity contribution in [1.29, 1.82) is 0 Å². The number of benzene rings is 3. The third kappa shape index (κ3) is 6.07. The first-order valence-corrected chi connectivity index (χ1v) is 12.6. The molecule has 0 saturated carbocycles. The number of anilines is 1. The molecule has 0 fully saturated rings. The number of hydrogen-bond acceptors (Lipinski definition) is 4. The molecule has 0 aliphatic heterocycles. The van der Waals surface area contributed by atoms with Crippen LogP contribution >= 0.6 is 27.5 Å². The first kappa shape index (κ1) is 25.1. The first-order chi connectivity index (χ1) is 15.6. The van der Waals surface area contributed by atoms with Gasteiger partial charge in [-0.25, -0.2) is 8.42 Å². The van der Waals surface area contributed by atoms with E-state index < -0.39 is 10.0 Å². The molecule has 174 valence electrons. The Morgan fingerprint density at radius 1 is 1.03 bits per heavy atom. The normalized spacial score (nSPS) is 11.2. The second kappa shape index (κ2) is 10.6. The highest BCUT2D eigenvalue weighted by Crippen LogP contribution is 2.31. The van der Waals surface area contributed by atoms with Gasteiger partial charge < -0.3 is 9.64 Å². The molecule has 0 atom stereocenters. The molecule has 1 amide bonds. The van der Waals surface area contributed by atoms with Gasteiger partial charge >= 0.3 is 0 Å². The molecule has 0 unspecified atom stereocenters. The Labute approximate surface area is 207 Å². The summed E-state index contributed by atoms with van der Waals surface area (Å²) in [4.78, 5) is 14.6. The van der Waals surface area contributed by atoms with Crippen molar-refractivity contribution < 1.29 is 17.9 Å². The second-order valence-corrected chi connectivity index (χ2v) is 10.7. The number of halogens is 2. The van der Waals surface area contributed by atoms with Gasteiger partial charge in [-0.2, -0.15) is 0 Å². The largest absolute Gasteiger partial charge is 0.496 e. The van der Waals surface area contributed by atoms with Crippen LogP contribution in [0, 0.1) is 6.92 Å². The van der Waals surface area contributed by atoms with E-state index in [1.54, 1.807) is 37.4 Å². The van der Waals surface area contributed by atoms with Gasteiger partial charge in [0.25, 0.3) is 10.0 Å². The van der Waals surface area contributed by atoms with Crippen LogP contribution in [0.4, 0.5) is 5.69 Å². The number of nitrogens with zero attached hydrogens (tertiary/aromatic N) is 2. The van der Waals surface area contributed by atoms with E-state index in [9.17, 15) is 13.2 Å². The molecule has 33 heavy (non-hydrogen) atoms. The molecule has 3 rings (SSSR count). The third-order valence-corrected chi connectivity index (χ3v) is 7.71. The summed E-state index contributed by atoms with van der Waals surface area (Å²) in [6.45, 7) is 1.89. The lowest BCUT2D eigenvalue weighted by Crippen LogP contribution is -2.41. The van der Waals surface area contributed by atoms with Gasteiger partial charge in [0.2, 0.25) is 5.91 Å². The molecular formula is C24H24BrClN2O4S. The van der Waals surface area contributed by atoms with Crippen LogP contribution in [0.1, 0.15) is 11.1 Å². The van der Waals surface area contributed by atoms with E-state index in [4.69, 9.17) is 16.3 Å². The number of hydrogen-bond donors (Lipinski definition) is 0. The number of carbonyl (C=O) groups is 1. The number of rotatable bonds is 8. The molecule has 0 N–H and O–H groups in total. The maximum absolute atomic E-state index is 13.6. The standard InChI is InChI=1S/C24H24BrClN2O4S/c1-17-4-10-20(11-5-17)28(33(30,31)21-12-13-23(32-3)22(25)14-21)16-24(29)27(2)15-18-6-8-19(26)9-7-18/h4-14H,15-16H2,1-3H3. The van der Waals surface area contributed by atoms with Gasteiger partial charge in [-0.1, -0.05) is 41.4 Å². The number of methoxy groups -OCH3 is 1. The van der Waals surface area contributed by atoms with Crippen LogP contribution in [0.3, 0.4) is 0 Å². The summed E-state index contributed by atoms with van der Waals surface area (Å²) in [5.41, 5.74) is 2.27. The maximum Gasteiger partial charge on any atom is 0.264 e. The summed E-state index contributed by atoms with van der Waals surface area (Å²) in [5, 5.41) is 0.607. The molecule has 9 heteroatoms. The summed E-state index contributed by atoms with van der Waals surface area (Å²) < 4.78 is 34.0. The molecule has 0 aliphatic carbocycles. The van der Waals surface area contributed by atoms with E-state index >= 15 is 0 Å². The molecule has 3 aromatic rings. The van der Waals surface area contributed by atoms with E-state index in [-0.39, 0.29) is 17.3 Å². The Balaban J connectivity index is 1.92. The van der Waals surface area contributed by atoms with Crippen LogP contribution < -0.4 is 9.04 Å². The number of amides is 1. The molecule has 0 radical (unpaired) electrons. The Hall–Kier alpha value is -2.55. The van der Waals surface area contributed by atoms with Gasteiger partial charge in [-0.3, -0.25) is 9.10 Å². The third-order valence-electron chi connectivity index (χ3n) is 5.07. The van der Waals surface area contributed by atoms with Crippen LogP contribution in [0.15, 0.2) is 76.1 Å². The van der Waals surface area contributed by atoms with Crippen LogP contribution in [-0.2, 0) is 21.4 Å². The Kier molecular flexibility index (Phi) is 8.05. The fraction of sp³-hybridized carbons (Fsp3) is 0.208. The van der Waals surface area contributed by atoms with Gasteiger partial charge in [0.05, 0.1) is 22.2 Å². The predicted molar refractivity (Wildman–Crippen MR) is 134 cm³/mol. The van der Waals surface area contributed by atoms with Crippen molar-refractivity contribution in [2.45, 2.75) is 18.4 Å². The molecule has 6 nitrogen and oxygen atoms in total. The van der Waals surface area contributed by atoms with Crippen molar-refractivity contribution in [2.75, 3.05) is 25.0 Å². The fourth-order valence-corrected chi connectivity index (χ4v) is 5.42. The summed E-state index contributed by atoms with van der Waals surface area (Å²) in [6, 6.07) is 18.7. The SMILES string of the molecule is COc1ccc(S(=O)(=O)N(CC(=O)N(C)Cc2ccc(Cl)cc2)c2ccc(C)cc2)cc1Br. The topological polar surface area (TPSA) is 66.9 Å². The number of aryl methyl sites for hydroxylation is 1. The van der Waals surface area contributed by atoms with E-state index in [0.29, 0.717) is 27.5 Å². The van der Waals surface area contributed by atoms with E-state index in [1.165, 1.54) is 24.1 Å². The zero-order valence-corrected chi connectivity index (χ0v) is 21.6. The number of sulfonamides is 1. The van der Waals surface area contributed by atoms with E-state index in [0.717, 1.165) is 15.4 Å². The number of ether oxygens (including phenoxy) is 1. The Morgan fingerprint density at radius 2 is 1.67 bits per heavy atom. The van der Waals surface area contributed by atoms with Gasteiger partial charge in [0.1, 0.15) is 12.3 Å². The maximum atomic E-state index is 13.6. The summed E-state index contributed by atoms with van der Waals surface area (Å²) in [6.07, 6.45) is 0. The minimum Gasteiger partial charge on any atom is -0.496 e. The zero-order chi connectivity index (χ0) is 24.2. The highest BCUT2D eigenvalue weighted by molar-refractivity contribution is 9.10. The van der Waals surface area contributed by atoms with E-state index in [2.05, 4.69) is 15.9 Å². The molecular weight excluding hydrogens is 528 g/mol. The van der Waals surface area contributed by atoms with Crippen molar-refractivity contribution in [3.8, 4) is 5.75 Å². The molecule has 0 aromatic heterocycles. The summed E-state index contributed by atoms with van der Waals surface area (Å²) in [7, 11) is -0.897. The van der Waals surface area contributed by atoms with Gasteiger partial charge in [0.15, 0.2) is 0 Å². The zero-order valence-electron chi connectivity index (χ0n) is 18.5. The molecule has 3 aromatic carbocycles. The summed E-state index contributed by atoms with van der Waals surface area (Å²) >= 11 is 9.27. The van der Waals surface area contributed by atoms with Crippen LogP contribution in [0.2, 0.25) is 5.02 Å². The lowest BCUT2D eigenvalue weighted by atomic mass is 10.2.